The zero-order valence-electron chi connectivity index (χ0n) is 12.7. The van der Waals surface area contributed by atoms with Crippen molar-refractivity contribution in [3.63, 3.8) is 0 Å². The van der Waals surface area contributed by atoms with E-state index >= 15 is 0 Å². The second-order valence-electron chi connectivity index (χ2n) is 6.67. The van der Waals surface area contributed by atoms with E-state index in [9.17, 15) is 8.42 Å². The molecule has 1 aromatic heterocycles. The fourth-order valence-corrected chi connectivity index (χ4v) is 5.38. The quantitative estimate of drug-likeness (QED) is 0.928. The van der Waals surface area contributed by atoms with Crippen molar-refractivity contribution in [1.82, 2.24) is 9.78 Å². The van der Waals surface area contributed by atoms with Gasteiger partial charge in [-0.2, -0.15) is 5.10 Å². The summed E-state index contributed by atoms with van der Waals surface area (Å²) in [6.07, 6.45) is 8.18. The lowest BCUT2D eigenvalue weighted by atomic mass is 9.85. The van der Waals surface area contributed by atoms with Crippen LogP contribution in [0.25, 0.3) is 0 Å². The molecule has 118 valence electrons. The minimum Gasteiger partial charge on any atom is -0.384 e. The lowest BCUT2D eigenvalue weighted by molar-refractivity contribution is 0.352. The second kappa shape index (κ2) is 5.63. The Morgan fingerprint density at radius 3 is 2.57 bits per heavy atom. The molecule has 0 spiro atoms. The first kappa shape index (κ1) is 14.9. The fourth-order valence-electron chi connectivity index (χ4n) is 3.68. The first-order valence-corrected chi connectivity index (χ1v) is 9.82. The third-order valence-corrected chi connectivity index (χ3v) is 6.80. The molecule has 1 aliphatic heterocycles. The highest BCUT2D eigenvalue weighted by Gasteiger charge is 2.32. The van der Waals surface area contributed by atoms with Crippen LogP contribution in [0.5, 0.6) is 0 Å². The van der Waals surface area contributed by atoms with Gasteiger partial charge in [0, 0.05) is 5.56 Å². The molecule has 1 aromatic rings. The van der Waals surface area contributed by atoms with Gasteiger partial charge in [-0.3, -0.25) is 0 Å². The third-order valence-electron chi connectivity index (χ3n) is 5.05. The number of nitrogen functional groups attached to an aromatic ring is 1. The minimum atomic E-state index is -2.91. The highest BCUT2D eigenvalue weighted by molar-refractivity contribution is 7.91. The lowest BCUT2D eigenvalue weighted by Gasteiger charge is -2.20. The van der Waals surface area contributed by atoms with Crippen molar-refractivity contribution in [2.75, 3.05) is 17.2 Å². The SMILES string of the molecule is Cc1c(CC2CCCCC2)nn(C2CCS(=O)(=O)C2)c1N. The smallest absolute Gasteiger partial charge is 0.152 e. The molecule has 0 amide bonds. The Bertz CT molecular complexity index is 615. The predicted octanol–water partition coefficient (Wildman–Crippen LogP) is 2.26. The van der Waals surface area contributed by atoms with E-state index in [0.29, 0.717) is 18.2 Å². The van der Waals surface area contributed by atoms with Crippen LogP contribution < -0.4 is 5.73 Å². The molecule has 2 heterocycles. The zero-order chi connectivity index (χ0) is 15.0. The van der Waals surface area contributed by atoms with Gasteiger partial charge in [-0.15, -0.1) is 0 Å². The van der Waals surface area contributed by atoms with Crippen LogP contribution in [0.1, 0.15) is 55.8 Å². The van der Waals surface area contributed by atoms with Gasteiger partial charge in [0.2, 0.25) is 0 Å². The first-order valence-electron chi connectivity index (χ1n) is 8.00. The van der Waals surface area contributed by atoms with Crippen molar-refractivity contribution >= 4 is 15.7 Å². The number of nitrogens with zero attached hydrogens (tertiary/aromatic N) is 2. The first-order chi connectivity index (χ1) is 9.96. The Labute approximate surface area is 126 Å². The summed E-state index contributed by atoms with van der Waals surface area (Å²) in [4.78, 5) is 0. The summed E-state index contributed by atoms with van der Waals surface area (Å²) in [7, 11) is -2.91. The van der Waals surface area contributed by atoms with Crippen molar-refractivity contribution < 1.29 is 8.42 Å². The van der Waals surface area contributed by atoms with Crippen LogP contribution in [-0.2, 0) is 16.3 Å². The van der Waals surface area contributed by atoms with Gasteiger partial charge in [-0.05, 0) is 25.7 Å². The summed E-state index contributed by atoms with van der Waals surface area (Å²) in [5.41, 5.74) is 8.30. The van der Waals surface area contributed by atoms with Crippen LogP contribution in [0.15, 0.2) is 0 Å². The molecule has 0 aromatic carbocycles. The molecule has 1 saturated heterocycles. The molecule has 0 radical (unpaired) electrons. The molecule has 1 unspecified atom stereocenters. The van der Waals surface area contributed by atoms with E-state index in [0.717, 1.165) is 17.7 Å². The van der Waals surface area contributed by atoms with Crippen molar-refractivity contribution in [2.24, 2.45) is 5.92 Å². The number of nitrogens with two attached hydrogens (primary N) is 1. The van der Waals surface area contributed by atoms with Crippen LogP contribution in [-0.4, -0.2) is 29.7 Å². The standard InChI is InChI=1S/C15H25N3O2S/c1-11-14(9-12-5-3-2-4-6-12)17-18(15(11)16)13-7-8-21(19,20)10-13/h12-13H,2-10,16H2,1H3. The number of rotatable bonds is 3. The average Bonchev–Trinajstić information content (AvgIpc) is 2.94. The van der Waals surface area contributed by atoms with Gasteiger partial charge in [-0.1, -0.05) is 32.1 Å². The van der Waals surface area contributed by atoms with E-state index in [2.05, 4.69) is 5.10 Å². The van der Waals surface area contributed by atoms with Crippen molar-refractivity contribution in [3.8, 4) is 0 Å². The van der Waals surface area contributed by atoms with E-state index < -0.39 is 9.84 Å². The molecule has 5 nitrogen and oxygen atoms in total. The summed E-state index contributed by atoms with van der Waals surface area (Å²) < 4.78 is 25.1. The summed E-state index contributed by atoms with van der Waals surface area (Å²) in [6.45, 7) is 2.01. The van der Waals surface area contributed by atoms with E-state index in [1.807, 2.05) is 6.92 Å². The Kier molecular flexibility index (Phi) is 3.99. The third kappa shape index (κ3) is 3.10. The maximum atomic E-state index is 11.7. The highest BCUT2D eigenvalue weighted by Crippen LogP contribution is 2.31. The predicted molar refractivity (Wildman–Crippen MR) is 84.0 cm³/mol. The van der Waals surface area contributed by atoms with Crippen LogP contribution in [0, 0.1) is 12.8 Å². The Hall–Kier alpha value is -1.04. The normalized spacial score (nSPS) is 26.2. The average molecular weight is 311 g/mol. The van der Waals surface area contributed by atoms with Crippen molar-refractivity contribution in [3.05, 3.63) is 11.3 Å². The molecular weight excluding hydrogens is 286 g/mol. The molecule has 1 saturated carbocycles. The van der Waals surface area contributed by atoms with Gasteiger partial charge in [0.25, 0.3) is 0 Å². The maximum Gasteiger partial charge on any atom is 0.152 e. The minimum absolute atomic E-state index is 0.0752. The molecule has 1 atom stereocenters. The van der Waals surface area contributed by atoms with Gasteiger partial charge >= 0.3 is 0 Å². The second-order valence-corrected chi connectivity index (χ2v) is 8.90. The summed E-state index contributed by atoms with van der Waals surface area (Å²) in [5.74, 6) is 1.81. The number of aromatic nitrogens is 2. The summed E-state index contributed by atoms with van der Waals surface area (Å²) >= 11 is 0. The number of anilines is 1. The van der Waals surface area contributed by atoms with Gasteiger partial charge in [-0.25, -0.2) is 13.1 Å². The number of hydrogen-bond donors (Lipinski definition) is 1. The van der Waals surface area contributed by atoms with Crippen LogP contribution in [0.2, 0.25) is 0 Å². The van der Waals surface area contributed by atoms with Gasteiger partial charge < -0.3 is 5.73 Å². The van der Waals surface area contributed by atoms with E-state index in [1.54, 1.807) is 4.68 Å². The molecule has 3 rings (SSSR count). The molecular formula is C15H25N3O2S. The van der Waals surface area contributed by atoms with Crippen molar-refractivity contribution in [1.29, 1.82) is 0 Å². The number of hydrogen-bond acceptors (Lipinski definition) is 4. The van der Waals surface area contributed by atoms with E-state index in [1.165, 1.54) is 32.1 Å². The fraction of sp³-hybridized carbons (Fsp3) is 0.800. The molecule has 2 aliphatic rings. The molecule has 2 N–H and O–H groups in total. The van der Waals surface area contributed by atoms with Crippen LogP contribution in [0.4, 0.5) is 5.82 Å². The molecule has 6 heteroatoms. The zero-order valence-corrected chi connectivity index (χ0v) is 13.5. The largest absolute Gasteiger partial charge is 0.384 e. The summed E-state index contributed by atoms with van der Waals surface area (Å²) in [5, 5.41) is 4.68. The molecule has 0 bridgehead atoms. The van der Waals surface area contributed by atoms with Gasteiger partial charge in [0.05, 0.1) is 23.2 Å². The lowest BCUT2D eigenvalue weighted by Crippen LogP contribution is -2.15. The Morgan fingerprint density at radius 2 is 1.95 bits per heavy atom. The monoisotopic (exact) mass is 311 g/mol. The highest BCUT2D eigenvalue weighted by atomic mass is 32.2. The van der Waals surface area contributed by atoms with Gasteiger partial charge in [0.15, 0.2) is 9.84 Å². The van der Waals surface area contributed by atoms with E-state index in [4.69, 9.17) is 5.73 Å². The molecule has 21 heavy (non-hydrogen) atoms. The Balaban J connectivity index is 1.78. The topological polar surface area (TPSA) is 78.0 Å². The van der Waals surface area contributed by atoms with Crippen molar-refractivity contribution in [2.45, 2.75) is 57.9 Å². The van der Waals surface area contributed by atoms with E-state index in [-0.39, 0.29) is 17.5 Å². The van der Waals surface area contributed by atoms with Crippen LogP contribution >= 0.6 is 0 Å². The molecule has 1 aliphatic carbocycles. The van der Waals surface area contributed by atoms with Crippen LogP contribution in [0.3, 0.4) is 0 Å². The summed E-state index contributed by atoms with van der Waals surface area (Å²) in [6, 6.07) is -0.0752. The van der Waals surface area contributed by atoms with Gasteiger partial charge in [0.1, 0.15) is 5.82 Å². The number of sulfone groups is 1. The Morgan fingerprint density at radius 1 is 1.24 bits per heavy atom. The maximum absolute atomic E-state index is 11.7. The molecule has 2 fully saturated rings.